The van der Waals surface area contributed by atoms with Crippen LogP contribution in [0.25, 0.3) is 0 Å². The van der Waals surface area contributed by atoms with Crippen LogP contribution in [0.15, 0.2) is 18.2 Å². The van der Waals surface area contributed by atoms with Gasteiger partial charge in [0.05, 0.1) is 11.0 Å². The van der Waals surface area contributed by atoms with Crippen molar-refractivity contribution < 1.29 is 12.8 Å². The van der Waals surface area contributed by atoms with Gasteiger partial charge in [-0.15, -0.1) is 0 Å². The molecule has 0 aliphatic heterocycles. The van der Waals surface area contributed by atoms with Crippen molar-refractivity contribution in [3.8, 4) is 0 Å². The van der Waals surface area contributed by atoms with E-state index in [2.05, 4.69) is 0 Å². The Bertz CT molecular complexity index is 522. The van der Waals surface area contributed by atoms with Gasteiger partial charge in [-0.1, -0.05) is 25.3 Å². The molecule has 0 unspecified atom stereocenters. The summed E-state index contributed by atoms with van der Waals surface area (Å²) >= 11 is 0. The van der Waals surface area contributed by atoms with Gasteiger partial charge in [-0.25, -0.2) is 12.8 Å². The van der Waals surface area contributed by atoms with Gasteiger partial charge in [-0.3, -0.25) is 0 Å². The summed E-state index contributed by atoms with van der Waals surface area (Å²) in [6.45, 7) is 0. The molecule has 100 valence electrons. The molecule has 0 radical (unpaired) electrons. The summed E-state index contributed by atoms with van der Waals surface area (Å²) in [4.78, 5) is 0. The molecule has 0 spiro atoms. The molecular formula is C13H18FNO2S. The molecule has 0 amide bonds. The Morgan fingerprint density at radius 1 is 1.22 bits per heavy atom. The van der Waals surface area contributed by atoms with Crippen LogP contribution in [0.5, 0.6) is 0 Å². The van der Waals surface area contributed by atoms with Crippen molar-refractivity contribution in [3.05, 3.63) is 29.6 Å². The Labute approximate surface area is 107 Å². The van der Waals surface area contributed by atoms with Crippen LogP contribution in [-0.2, 0) is 15.6 Å². The fourth-order valence-corrected chi connectivity index (χ4v) is 4.44. The third-order valence-corrected chi connectivity index (χ3v) is 5.73. The quantitative estimate of drug-likeness (QED) is 0.860. The van der Waals surface area contributed by atoms with Crippen LogP contribution in [0.2, 0.25) is 0 Å². The van der Waals surface area contributed by atoms with Gasteiger partial charge in [0.25, 0.3) is 0 Å². The highest BCUT2D eigenvalue weighted by molar-refractivity contribution is 7.91. The maximum absolute atomic E-state index is 12.9. The average molecular weight is 271 g/mol. The summed E-state index contributed by atoms with van der Waals surface area (Å²) < 4.78 is 37.4. The third-order valence-electron chi connectivity index (χ3n) is 3.52. The molecule has 1 aliphatic rings. The van der Waals surface area contributed by atoms with Gasteiger partial charge in [0.1, 0.15) is 5.82 Å². The van der Waals surface area contributed by atoms with E-state index in [9.17, 15) is 12.8 Å². The van der Waals surface area contributed by atoms with Gasteiger partial charge in [0.15, 0.2) is 9.84 Å². The highest BCUT2D eigenvalue weighted by Gasteiger charge is 2.27. The van der Waals surface area contributed by atoms with E-state index in [0.29, 0.717) is 5.56 Å². The number of hydrogen-bond acceptors (Lipinski definition) is 3. The van der Waals surface area contributed by atoms with E-state index in [0.717, 1.165) is 32.1 Å². The number of anilines is 1. The minimum Gasteiger partial charge on any atom is -0.398 e. The van der Waals surface area contributed by atoms with E-state index < -0.39 is 15.7 Å². The zero-order valence-corrected chi connectivity index (χ0v) is 11.0. The van der Waals surface area contributed by atoms with Crippen LogP contribution >= 0.6 is 0 Å². The number of sulfone groups is 1. The number of halogens is 1. The van der Waals surface area contributed by atoms with Crippen LogP contribution < -0.4 is 5.73 Å². The molecule has 0 atom stereocenters. The lowest BCUT2D eigenvalue weighted by Gasteiger charge is -2.22. The van der Waals surface area contributed by atoms with Crippen LogP contribution in [0.3, 0.4) is 0 Å². The van der Waals surface area contributed by atoms with Crippen LogP contribution in [0.1, 0.15) is 37.7 Å². The first-order valence-corrected chi connectivity index (χ1v) is 7.96. The first-order valence-electron chi connectivity index (χ1n) is 6.24. The SMILES string of the molecule is Nc1cc(F)ccc1CS(=O)(=O)C1CCCCC1. The Morgan fingerprint density at radius 3 is 2.50 bits per heavy atom. The normalized spacial score (nSPS) is 17.8. The predicted molar refractivity (Wildman–Crippen MR) is 70.3 cm³/mol. The second-order valence-corrected chi connectivity index (χ2v) is 7.19. The van der Waals surface area contributed by atoms with Crippen LogP contribution in [0, 0.1) is 5.82 Å². The molecule has 18 heavy (non-hydrogen) atoms. The van der Waals surface area contributed by atoms with Crippen LogP contribution in [0.4, 0.5) is 10.1 Å². The molecule has 5 heteroatoms. The molecule has 0 heterocycles. The molecule has 3 nitrogen and oxygen atoms in total. The summed E-state index contributed by atoms with van der Waals surface area (Å²) in [7, 11) is -3.17. The van der Waals surface area contributed by atoms with Crippen molar-refractivity contribution in [2.45, 2.75) is 43.1 Å². The van der Waals surface area contributed by atoms with Crippen LogP contribution in [-0.4, -0.2) is 13.7 Å². The smallest absolute Gasteiger partial charge is 0.157 e. The van der Waals surface area contributed by atoms with Gasteiger partial charge in [0.2, 0.25) is 0 Å². The molecule has 2 rings (SSSR count). The first kappa shape index (κ1) is 13.3. The minimum absolute atomic E-state index is 0.0796. The lowest BCUT2D eigenvalue weighted by molar-refractivity contribution is 0.483. The topological polar surface area (TPSA) is 60.2 Å². The molecule has 1 aromatic carbocycles. The second kappa shape index (κ2) is 5.26. The summed E-state index contributed by atoms with van der Waals surface area (Å²) in [6, 6.07) is 3.89. The average Bonchev–Trinajstić information content (AvgIpc) is 2.34. The monoisotopic (exact) mass is 271 g/mol. The molecule has 0 bridgehead atoms. The van der Waals surface area contributed by atoms with Gasteiger partial charge < -0.3 is 5.73 Å². The Balaban J connectivity index is 2.16. The van der Waals surface area contributed by atoms with E-state index in [1.807, 2.05) is 0 Å². The zero-order chi connectivity index (χ0) is 13.2. The molecule has 1 saturated carbocycles. The summed E-state index contributed by atoms with van der Waals surface area (Å²) in [5.41, 5.74) is 6.37. The fourth-order valence-electron chi connectivity index (χ4n) is 2.46. The summed E-state index contributed by atoms with van der Waals surface area (Å²) in [6.07, 6.45) is 4.54. The van der Waals surface area contributed by atoms with Crippen molar-refractivity contribution in [3.63, 3.8) is 0 Å². The lowest BCUT2D eigenvalue weighted by Crippen LogP contribution is -2.25. The van der Waals surface area contributed by atoms with Gasteiger partial charge in [-0.2, -0.15) is 0 Å². The molecule has 1 fully saturated rings. The van der Waals surface area contributed by atoms with Crippen molar-refractivity contribution in [1.82, 2.24) is 0 Å². The largest absolute Gasteiger partial charge is 0.398 e. The molecule has 2 N–H and O–H groups in total. The zero-order valence-electron chi connectivity index (χ0n) is 10.2. The van der Waals surface area contributed by atoms with Gasteiger partial charge in [-0.05, 0) is 30.5 Å². The van der Waals surface area contributed by atoms with E-state index in [4.69, 9.17) is 5.73 Å². The van der Waals surface area contributed by atoms with E-state index in [1.54, 1.807) is 0 Å². The molecule has 1 aromatic rings. The molecule has 0 aromatic heterocycles. The molecular weight excluding hydrogens is 253 g/mol. The fraction of sp³-hybridized carbons (Fsp3) is 0.538. The number of hydrogen-bond donors (Lipinski definition) is 1. The van der Waals surface area contributed by atoms with Crippen molar-refractivity contribution in [2.75, 3.05) is 5.73 Å². The van der Waals surface area contributed by atoms with Crippen molar-refractivity contribution in [1.29, 1.82) is 0 Å². The minimum atomic E-state index is -3.17. The van der Waals surface area contributed by atoms with E-state index in [-0.39, 0.29) is 16.7 Å². The third kappa shape index (κ3) is 3.02. The molecule has 1 aliphatic carbocycles. The number of nitrogens with two attached hydrogens (primary N) is 1. The maximum Gasteiger partial charge on any atom is 0.157 e. The van der Waals surface area contributed by atoms with E-state index >= 15 is 0 Å². The Kier molecular flexibility index (Phi) is 3.90. The van der Waals surface area contributed by atoms with E-state index in [1.165, 1.54) is 18.2 Å². The molecule has 0 saturated heterocycles. The maximum atomic E-state index is 12.9. The highest BCUT2D eigenvalue weighted by Crippen LogP contribution is 2.27. The summed E-state index contributed by atoms with van der Waals surface area (Å²) in [5, 5.41) is -0.254. The Hall–Kier alpha value is -1.10. The number of benzene rings is 1. The first-order chi connectivity index (χ1) is 8.49. The second-order valence-electron chi connectivity index (χ2n) is 4.91. The summed E-state index contributed by atoms with van der Waals surface area (Å²) in [5.74, 6) is -0.518. The Morgan fingerprint density at radius 2 is 1.89 bits per heavy atom. The van der Waals surface area contributed by atoms with Gasteiger partial charge >= 0.3 is 0 Å². The standard InChI is InChI=1S/C13H18FNO2S/c14-11-7-6-10(13(15)8-11)9-18(16,17)12-4-2-1-3-5-12/h6-8,12H,1-5,9,15H2. The lowest BCUT2D eigenvalue weighted by atomic mass is 10.0. The number of rotatable bonds is 3. The van der Waals surface area contributed by atoms with Crippen molar-refractivity contribution in [2.24, 2.45) is 0 Å². The van der Waals surface area contributed by atoms with Crippen molar-refractivity contribution >= 4 is 15.5 Å². The predicted octanol–water partition coefficient (Wildman–Crippen LogP) is 2.66. The number of nitrogen functional groups attached to an aromatic ring is 1. The highest BCUT2D eigenvalue weighted by atomic mass is 32.2. The van der Waals surface area contributed by atoms with Gasteiger partial charge in [0, 0.05) is 5.69 Å².